The lowest BCUT2D eigenvalue weighted by atomic mass is 9.97. The Hall–Kier alpha value is -4.80. The van der Waals surface area contributed by atoms with Crippen LogP contribution in [-0.4, -0.2) is 43.0 Å². The van der Waals surface area contributed by atoms with Crippen molar-refractivity contribution < 1.29 is 9.72 Å². The van der Waals surface area contributed by atoms with Crippen LogP contribution in [0.2, 0.25) is 5.02 Å². The first-order valence-electron chi connectivity index (χ1n) is 15.5. The van der Waals surface area contributed by atoms with Crippen molar-refractivity contribution in [1.82, 2.24) is 19.8 Å². The molecular formula is C36H37ClN6O3S. The average molecular weight is 669 g/mol. The summed E-state index contributed by atoms with van der Waals surface area (Å²) in [6, 6.07) is 28.2. The maximum atomic E-state index is 13.6. The number of carbonyl (C=O) groups excluding carboxylic acids is 1. The van der Waals surface area contributed by atoms with Crippen LogP contribution in [0.4, 0.5) is 11.4 Å². The van der Waals surface area contributed by atoms with Crippen LogP contribution in [0, 0.1) is 16.0 Å². The number of thiocarbonyl (C=S) groups is 1. The molecule has 5 rings (SSSR count). The van der Waals surface area contributed by atoms with E-state index in [1.54, 1.807) is 24.7 Å². The first kappa shape index (κ1) is 33.6. The SMILES string of the molecule is CC[C@H](C)[C@@H](CN(Cc1cccc2ccccc12)C(=S)Nc1cccc(Cl)c1)NC(=O)Cc1cncn1Cc1ccc([N+](=O)[O-])cc1. The molecule has 242 valence electrons. The molecule has 0 bridgehead atoms. The molecular weight excluding hydrogens is 632 g/mol. The second kappa shape index (κ2) is 15.7. The summed E-state index contributed by atoms with van der Waals surface area (Å²) in [5, 5.41) is 21.1. The van der Waals surface area contributed by atoms with E-state index in [0.717, 1.165) is 39.7 Å². The van der Waals surface area contributed by atoms with Crippen molar-refractivity contribution >= 4 is 57.0 Å². The Morgan fingerprint density at radius 1 is 1.06 bits per heavy atom. The molecule has 11 heteroatoms. The van der Waals surface area contributed by atoms with Gasteiger partial charge in [0.1, 0.15) is 0 Å². The number of nitrogens with one attached hydrogen (secondary N) is 2. The van der Waals surface area contributed by atoms with Crippen LogP contribution in [0.15, 0.2) is 104 Å². The third-order valence-electron chi connectivity index (χ3n) is 8.34. The summed E-state index contributed by atoms with van der Waals surface area (Å²) in [6.45, 7) is 5.71. The largest absolute Gasteiger partial charge is 0.351 e. The Bertz CT molecular complexity index is 1860. The molecule has 0 aliphatic heterocycles. The van der Waals surface area contributed by atoms with Crippen LogP contribution in [0.5, 0.6) is 0 Å². The van der Waals surface area contributed by atoms with Crippen LogP contribution in [0.3, 0.4) is 0 Å². The summed E-state index contributed by atoms with van der Waals surface area (Å²) in [4.78, 5) is 30.6. The van der Waals surface area contributed by atoms with E-state index in [1.807, 2.05) is 41.0 Å². The summed E-state index contributed by atoms with van der Waals surface area (Å²) in [7, 11) is 0. The number of benzene rings is 4. The topological polar surface area (TPSA) is 105 Å². The fourth-order valence-corrected chi connectivity index (χ4v) is 5.94. The minimum absolute atomic E-state index is 0.0341. The second-order valence-electron chi connectivity index (χ2n) is 11.6. The number of imidazole rings is 1. The maximum absolute atomic E-state index is 13.6. The zero-order valence-electron chi connectivity index (χ0n) is 26.3. The minimum Gasteiger partial charge on any atom is -0.351 e. The molecule has 47 heavy (non-hydrogen) atoms. The van der Waals surface area contributed by atoms with Gasteiger partial charge in [-0.2, -0.15) is 0 Å². The first-order chi connectivity index (χ1) is 22.7. The Balaban J connectivity index is 1.34. The molecule has 5 aromatic rings. The van der Waals surface area contributed by atoms with Gasteiger partial charge >= 0.3 is 0 Å². The number of anilines is 1. The molecule has 0 aliphatic carbocycles. The van der Waals surface area contributed by atoms with Gasteiger partial charge in [0.2, 0.25) is 5.91 Å². The lowest BCUT2D eigenvalue weighted by molar-refractivity contribution is -0.384. The van der Waals surface area contributed by atoms with Gasteiger partial charge in [0, 0.05) is 60.4 Å². The molecule has 0 aliphatic rings. The van der Waals surface area contributed by atoms with Crippen molar-refractivity contribution in [3.05, 3.63) is 135 Å². The van der Waals surface area contributed by atoms with E-state index in [1.165, 1.54) is 12.1 Å². The number of aromatic nitrogens is 2. The first-order valence-corrected chi connectivity index (χ1v) is 16.3. The number of nitrogens with zero attached hydrogens (tertiary/aromatic N) is 4. The standard InChI is InChI=1S/C36H37ClN6O3S/c1-3-25(2)34(40-35(44)19-32-20-38-24-42(32)21-26-14-16-31(17-15-26)43(45)46)23-41(36(47)39-30-12-7-11-29(37)18-30)22-28-10-6-9-27-8-4-5-13-33(27)28/h4-18,20,24-25,34H,3,19,21-23H2,1-2H3,(H,39,47)(H,40,44)/t25-,34+/m0/s1. The van der Waals surface area contributed by atoms with Crippen molar-refractivity contribution in [3.63, 3.8) is 0 Å². The van der Waals surface area contributed by atoms with Gasteiger partial charge in [0.25, 0.3) is 5.69 Å². The smallest absolute Gasteiger partial charge is 0.269 e. The number of hydrogen-bond acceptors (Lipinski definition) is 5. The van der Waals surface area contributed by atoms with Gasteiger partial charge < -0.3 is 20.1 Å². The number of hydrogen-bond donors (Lipinski definition) is 2. The molecule has 2 atom stereocenters. The number of non-ortho nitro benzene ring substituents is 1. The summed E-state index contributed by atoms with van der Waals surface area (Å²) in [6.07, 6.45) is 4.34. The average Bonchev–Trinajstić information content (AvgIpc) is 3.49. The monoisotopic (exact) mass is 668 g/mol. The van der Waals surface area contributed by atoms with E-state index in [0.29, 0.717) is 29.8 Å². The highest BCUT2D eigenvalue weighted by Crippen LogP contribution is 2.23. The highest BCUT2D eigenvalue weighted by molar-refractivity contribution is 7.80. The molecule has 0 radical (unpaired) electrons. The number of nitro groups is 1. The molecule has 0 saturated carbocycles. The van der Waals surface area contributed by atoms with Crippen molar-refractivity contribution in [2.45, 2.75) is 45.8 Å². The maximum Gasteiger partial charge on any atom is 0.269 e. The van der Waals surface area contributed by atoms with Crippen LogP contribution in [-0.2, 0) is 24.3 Å². The van der Waals surface area contributed by atoms with Crippen LogP contribution >= 0.6 is 23.8 Å². The zero-order chi connectivity index (χ0) is 33.3. The third-order valence-corrected chi connectivity index (χ3v) is 8.93. The van der Waals surface area contributed by atoms with Gasteiger partial charge in [-0.05, 0) is 58.2 Å². The van der Waals surface area contributed by atoms with Crippen molar-refractivity contribution in [3.8, 4) is 0 Å². The number of nitro benzene ring substituents is 1. The summed E-state index contributed by atoms with van der Waals surface area (Å²) in [5.41, 5.74) is 3.57. The van der Waals surface area contributed by atoms with Gasteiger partial charge in [-0.1, -0.05) is 92.5 Å². The molecule has 0 saturated heterocycles. The summed E-state index contributed by atoms with van der Waals surface area (Å²) >= 11 is 12.2. The van der Waals surface area contributed by atoms with Crippen molar-refractivity contribution in [1.29, 1.82) is 0 Å². The fourth-order valence-electron chi connectivity index (χ4n) is 5.49. The van der Waals surface area contributed by atoms with E-state index >= 15 is 0 Å². The lowest BCUT2D eigenvalue weighted by Crippen LogP contribution is -2.50. The van der Waals surface area contributed by atoms with E-state index < -0.39 is 4.92 Å². The number of rotatable bonds is 13. The van der Waals surface area contributed by atoms with Crippen molar-refractivity contribution in [2.75, 3.05) is 11.9 Å². The Kier molecular flexibility index (Phi) is 11.2. The molecule has 1 aromatic heterocycles. The molecule has 2 N–H and O–H groups in total. The van der Waals surface area contributed by atoms with Crippen molar-refractivity contribution in [2.24, 2.45) is 5.92 Å². The molecule has 1 heterocycles. The Labute approximate surface area is 284 Å². The minimum atomic E-state index is -0.423. The van der Waals surface area contributed by atoms with Crippen LogP contribution in [0.1, 0.15) is 37.1 Å². The molecule has 0 fully saturated rings. The normalized spacial score (nSPS) is 12.3. The molecule has 0 unspecified atom stereocenters. The highest BCUT2D eigenvalue weighted by Gasteiger charge is 2.24. The highest BCUT2D eigenvalue weighted by atomic mass is 35.5. The van der Waals surface area contributed by atoms with Gasteiger partial charge in [-0.25, -0.2) is 4.98 Å². The Morgan fingerprint density at radius 3 is 2.55 bits per heavy atom. The van der Waals surface area contributed by atoms with E-state index in [9.17, 15) is 14.9 Å². The molecule has 4 aromatic carbocycles. The van der Waals surface area contributed by atoms with Crippen LogP contribution in [0.25, 0.3) is 10.8 Å². The quantitative estimate of drug-likeness (QED) is 0.0755. The predicted octanol–water partition coefficient (Wildman–Crippen LogP) is 7.62. The van der Waals surface area contributed by atoms with Crippen LogP contribution < -0.4 is 10.6 Å². The number of amides is 1. The molecule has 0 spiro atoms. The number of halogens is 1. The third kappa shape index (κ3) is 8.93. The lowest BCUT2D eigenvalue weighted by Gasteiger charge is -2.33. The number of fused-ring (bicyclic) bond motifs is 1. The van der Waals surface area contributed by atoms with E-state index in [4.69, 9.17) is 23.8 Å². The zero-order valence-corrected chi connectivity index (χ0v) is 27.9. The number of carbonyl (C=O) groups is 1. The van der Waals surface area contributed by atoms with Gasteiger partial charge in [0.05, 0.1) is 17.7 Å². The Morgan fingerprint density at radius 2 is 1.81 bits per heavy atom. The molecule has 9 nitrogen and oxygen atoms in total. The summed E-state index contributed by atoms with van der Waals surface area (Å²) < 4.78 is 1.88. The molecule has 1 amide bonds. The second-order valence-corrected chi connectivity index (χ2v) is 12.5. The van der Waals surface area contributed by atoms with E-state index in [2.05, 4.69) is 64.7 Å². The predicted molar refractivity (Wildman–Crippen MR) is 192 cm³/mol. The fraction of sp³-hybridized carbons (Fsp3) is 0.250. The van der Waals surface area contributed by atoms with E-state index in [-0.39, 0.29) is 30.0 Å². The van der Waals surface area contributed by atoms with Gasteiger partial charge in [-0.15, -0.1) is 0 Å². The summed E-state index contributed by atoms with van der Waals surface area (Å²) in [5.74, 6) is 0.0348. The van der Waals surface area contributed by atoms with Gasteiger partial charge in [-0.3, -0.25) is 14.9 Å². The van der Waals surface area contributed by atoms with Gasteiger partial charge in [0.15, 0.2) is 5.11 Å².